The van der Waals surface area contributed by atoms with Gasteiger partial charge in [0.15, 0.2) is 0 Å². The van der Waals surface area contributed by atoms with Gasteiger partial charge in [0.25, 0.3) is 0 Å². The zero-order valence-corrected chi connectivity index (χ0v) is 11.2. The Morgan fingerprint density at radius 1 is 1.20 bits per heavy atom. The largest absolute Gasteiger partial charge is 0.497 e. The number of nitrogen functional groups attached to an aromatic ring is 1. The van der Waals surface area contributed by atoms with Crippen molar-refractivity contribution >= 4 is 16.7 Å². The van der Waals surface area contributed by atoms with E-state index in [-0.39, 0.29) is 0 Å². The Balaban J connectivity index is 1.86. The Labute approximate surface area is 116 Å². The lowest BCUT2D eigenvalue weighted by Crippen LogP contribution is -2.05. The molecule has 20 heavy (non-hydrogen) atoms. The highest BCUT2D eigenvalue weighted by atomic mass is 16.5. The molecule has 0 atom stereocenters. The molecule has 0 spiro atoms. The first-order chi connectivity index (χ1) is 9.78. The van der Waals surface area contributed by atoms with Gasteiger partial charge in [0.05, 0.1) is 23.8 Å². The minimum atomic E-state index is 0.754. The highest BCUT2D eigenvalue weighted by Gasteiger charge is 2.05. The maximum Gasteiger partial charge on any atom is 0.118 e. The van der Waals surface area contributed by atoms with Crippen LogP contribution in [-0.4, -0.2) is 17.1 Å². The van der Waals surface area contributed by atoms with E-state index >= 15 is 0 Å². The predicted molar refractivity (Wildman–Crippen MR) is 79.7 cm³/mol. The van der Waals surface area contributed by atoms with Crippen LogP contribution < -0.4 is 16.0 Å². The number of fused-ring (bicyclic) bond motifs is 1. The first kappa shape index (κ1) is 12.5. The van der Waals surface area contributed by atoms with Crippen LogP contribution in [0.4, 0.5) is 5.69 Å². The number of hydrogen-bond acceptors (Lipinski definition) is 4. The molecular weight excluding hydrogens is 252 g/mol. The van der Waals surface area contributed by atoms with E-state index in [1.807, 2.05) is 42.5 Å². The van der Waals surface area contributed by atoms with Gasteiger partial charge in [0, 0.05) is 6.42 Å². The molecule has 0 fully saturated rings. The monoisotopic (exact) mass is 268 g/mol. The van der Waals surface area contributed by atoms with Crippen molar-refractivity contribution in [3.05, 3.63) is 53.9 Å². The van der Waals surface area contributed by atoms with Gasteiger partial charge in [-0.2, -0.15) is 0 Å². The second kappa shape index (κ2) is 5.22. The van der Waals surface area contributed by atoms with E-state index in [1.54, 1.807) is 7.11 Å². The van der Waals surface area contributed by atoms with Crippen LogP contribution in [0.1, 0.15) is 11.4 Å². The Kier molecular flexibility index (Phi) is 3.26. The van der Waals surface area contributed by atoms with Gasteiger partial charge in [0.2, 0.25) is 0 Å². The predicted octanol–water partition coefficient (Wildman–Crippen LogP) is 2.45. The molecule has 0 saturated heterocycles. The SMILES string of the molecule is COc1ccc(Cc2nc3ccc(NN)cc3[nH]2)cc1. The number of H-pyrrole nitrogens is 1. The molecule has 0 aliphatic rings. The Hall–Kier alpha value is -2.53. The van der Waals surface area contributed by atoms with Crippen molar-refractivity contribution in [2.45, 2.75) is 6.42 Å². The number of hydrogen-bond donors (Lipinski definition) is 3. The van der Waals surface area contributed by atoms with E-state index < -0.39 is 0 Å². The van der Waals surface area contributed by atoms with Crippen LogP contribution in [0.2, 0.25) is 0 Å². The molecule has 0 amide bonds. The maximum absolute atomic E-state index is 5.40. The minimum absolute atomic E-state index is 0.754. The molecule has 5 heteroatoms. The highest BCUT2D eigenvalue weighted by Crippen LogP contribution is 2.19. The molecule has 0 bridgehead atoms. The quantitative estimate of drug-likeness (QED) is 0.502. The summed E-state index contributed by atoms with van der Waals surface area (Å²) >= 11 is 0. The molecule has 0 unspecified atom stereocenters. The van der Waals surface area contributed by atoms with Crippen LogP contribution in [0.25, 0.3) is 11.0 Å². The summed E-state index contributed by atoms with van der Waals surface area (Å²) in [7, 11) is 1.66. The third-order valence-corrected chi connectivity index (χ3v) is 3.23. The minimum Gasteiger partial charge on any atom is -0.497 e. The van der Waals surface area contributed by atoms with E-state index in [9.17, 15) is 0 Å². The van der Waals surface area contributed by atoms with Crippen molar-refractivity contribution in [1.82, 2.24) is 9.97 Å². The van der Waals surface area contributed by atoms with E-state index in [0.717, 1.165) is 34.7 Å². The Morgan fingerprint density at radius 3 is 2.70 bits per heavy atom. The molecule has 2 aromatic carbocycles. The Bertz CT molecular complexity index is 718. The lowest BCUT2D eigenvalue weighted by molar-refractivity contribution is 0.414. The lowest BCUT2D eigenvalue weighted by Gasteiger charge is -2.01. The standard InChI is InChI=1S/C15H16N4O/c1-20-12-5-2-10(3-6-12)8-15-17-13-7-4-11(19-16)9-14(13)18-15/h2-7,9,19H,8,16H2,1H3,(H,17,18). The van der Waals surface area contributed by atoms with Gasteiger partial charge in [-0.15, -0.1) is 0 Å². The number of imidazole rings is 1. The smallest absolute Gasteiger partial charge is 0.118 e. The Morgan fingerprint density at radius 2 is 2.00 bits per heavy atom. The van der Waals surface area contributed by atoms with Crippen molar-refractivity contribution in [2.75, 3.05) is 12.5 Å². The van der Waals surface area contributed by atoms with Crippen LogP contribution in [-0.2, 0) is 6.42 Å². The summed E-state index contributed by atoms with van der Waals surface area (Å²) < 4.78 is 5.15. The van der Waals surface area contributed by atoms with Crippen molar-refractivity contribution in [3.8, 4) is 5.75 Å². The van der Waals surface area contributed by atoms with Crippen molar-refractivity contribution in [2.24, 2.45) is 5.84 Å². The van der Waals surface area contributed by atoms with E-state index in [4.69, 9.17) is 10.6 Å². The molecule has 1 aromatic heterocycles. The lowest BCUT2D eigenvalue weighted by atomic mass is 10.1. The van der Waals surface area contributed by atoms with Gasteiger partial charge in [-0.05, 0) is 35.9 Å². The molecule has 4 N–H and O–H groups in total. The van der Waals surface area contributed by atoms with Gasteiger partial charge in [-0.3, -0.25) is 5.84 Å². The zero-order valence-electron chi connectivity index (χ0n) is 11.2. The summed E-state index contributed by atoms with van der Waals surface area (Å²) in [5.41, 5.74) is 6.58. The fourth-order valence-corrected chi connectivity index (χ4v) is 2.17. The number of benzene rings is 2. The van der Waals surface area contributed by atoms with Crippen LogP contribution in [0.5, 0.6) is 5.75 Å². The number of aromatic amines is 1. The highest BCUT2D eigenvalue weighted by molar-refractivity contribution is 5.79. The van der Waals surface area contributed by atoms with Crippen molar-refractivity contribution in [3.63, 3.8) is 0 Å². The number of nitrogens with one attached hydrogen (secondary N) is 2. The summed E-state index contributed by atoms with van der Waals surface area (Å²) in [6.45, 7) is 0. The maximum atomic E-state index is 5.40. The summed E-state index contributed by atoms with van der Waals surface area (Å²) in [5.74, 6) is 7.19. The molecule has 102 valence electrons. The van der Waals surface area contributed by atoms with Crippen LogP contribution in [0, 0.1) is 0 Å². The normalized spacial score (nSPS) is 10.7. The number of anilines is 1. The number of aromatic nitrogens is 2. The van der Waals surface area contributed by atoms with Gasteiger partial charge in [-0.25, -0.2) is 4.98 Å². The zero-order chi connectivity index (χ0) is 13.9. The van der Waals surface area contributed by atoms with Crippen molar-refractivity contribution < 1.29 is 4.74 Å². The fourth-order valence-electron chi connectivity index (χ4n) is 2.17. The molecule has 0 saturated carbocycles. The van der Waals surface area contributed by atoms with Crippen LogP contribution in [0.15, 0.2) is 42.5 Å². The number of nitrogens with two attached hydrogens (primary N) is 1. The second-order valence-corrected chi connectivity index (χ2v) is 4.58. The molecule has 0 radical (unpaired) electrons. The summed E-state index contributed by atoms with van der Waals surface area (Å²) in [5, 5.41) is 0. The first-order valence-electron chi connectivity index (χ1n) is 6.36. The number of ether oxygens (including phenoxy) is 1. The molecule has 0 aliphatic heterocycles. The average molecular weight is 268 g/mol. The summed E-state index contributed by atoms with van der Waals surface area (Å²) in [6.07, 6.45) is 0.754. The van der Waals surface area contributed by atoms with Crippen LogP contribution >= 0.6 is 0 Å². The summed E-state index contributed by atoms with van der Waals surface area (Å²) in [4.78, 5) is 7.88. The molecule has 5 nitrogen and oxygen atoms in total. The first-order valence-corrected chi connectivity index (χ1v) is 6.36. The number of rotatable bonds is 4. The molecular formula is C15H16N4O. The van der Waals surface area contributed by atoms with E-state index in [1.165, 1.54) is 5.56 Å². The molecule has 1 heterocycles. The van der Waals surface area contributed by atoms with E-state index in [2.05, 4.69) is 15.4 Å². The summed E-state index contributed by atoms with van der Waals surface area (Å²) in [6, 6.07) is 13.8. The fraction of sp³-hybridized carbons (Fsp3) is 0.133. The molecule has 0 aliphatic carbocycles. The van der Waals surface area contributed by atoms with Gasteiger partial charge in [0.1, 0.15) is 11.6 Å². The number of nitrogens with zero attached hydrogens (tertiary/aromatic N) is 1. The topological polar surface area (TPSA) is 76.0 Å². The number of methoxy groups -OCH3 is 1. The second-order valence-electron chi connectivity index (χ2n) is 4.58. The third-order valence-electron chi connectivity index (χ3n) is 3.23. The van der Waals surface area contributed by atoms with Gasteiger partial charge in [-0.1, -0.05) is 12.1 Å². The van der Waals surface area contributed by atoms with Gasteiger partial charge >= 0.3 is 0 Å². The van der Waals surface area contributed by atoms with Crippen molar-refractivity contribution in [1.29, 1.82) is 0 Å². The van der Waals surface area contributed by atoms with Gasteiger partial charge < -0.3 is 15.1 Å². The molecule has 3 aromatic rings. The third kappa shape index (κ3) is 2.44. The van der Waals surface area contributed by atoms with E-state index in [0.29, 0.717) is 0 Å². The molecule has 3 rings (SSSR count). The number of hydrazine groups is 1. The van der Waals surface area contributed by atoms with Crippen LogP contribution in [0.3, 0.4) is 0 Å². The average Bonchev–Trinajstić information content (AvgIpc) is 2.89.